The monoisotopic (exact) mass is 568 g/mol. The smallest absolute Gasteiger partial charge is 0.323 e. The molecule has 138 valence electrons. The first-order valence-electron chi connectivity index (χ1n) is 7.16. The molecule has 0 bridgehead atoms. The van der Waals surface area contributed by atoms with Gasteiger partial charge in [-0.2, -0.15) is 0 Å². The van der Waals surface area contributed by atoms with Gasteiger partial charge in [-0.05, 0) is 7.05 Å². The van der Waals surface area contributed by atoms with Crippen LogP contribution < -0.4 is 10.6 Å². The van der Waals surface area contributed by atoms with E-state index in [-0.39, 0.29) is 23.4 Å². The van der Waals surface area contributed by atoms with Gasteiger partial charge in [-0.25, -0.2) is 0 Å². The molecule has 0 aromatic carbocycles. The average Bonchev–Trinajstić information content (AvgIpc) is 2.55. The third-order valence-corrected chi connectivity index (χ3v) is 4.24. The fourth-order valence-electron chi connectivity index (χ4n) is 1.73. The van der Waals surface area contributed by atoms with E-state index in [0.29, 0.717) is 24.1 Å². The molecule has 0 saturated heterocycles. The number of aliphatic carboxylic acids is 1. The van der Waals surface area contributed by atoms with Gasteiger partial charge in [0.25, 0.3) is 0 Å². The molecule has 11 heteroatoms. The fraction of sp³-hybridized carbons (Fsp3) is 0.692. The molecule has 0 rings (SSSR count). The lowest BCUT2D eigenvalue weighted by atomic mass is 10.4. The van der Waals surface area contributed by atoms with Gasteiger partial charge in [-0.1, -0.05) is 45.2 Å². The van der Waals surface area contributed by atoms with Crippen LogP contribution >= 0.6 is 45.2 Å². The van der Waals surface area contributed by atoms with E-state index in [1.54, 1.807) is 11.9 Å². The molecule has 0 spiro atoms. The molecule has 24 heavy (non-hydrogen) atoms. The van der Waals surface area contributed by atoms with Crippen molar-refractivity contribution >= 4 is 68.9 Å². The molecule has 0 aromatic rings. The summed E-state index contributed by atoms with van der Waals surface area (Å²) in [6, 6.07) is 0. The first kappa shape index (κ1) is 23.3. The van der Waals surface area contributed by atoms with Crippen LogP contribution in [0, 0.1) is 0 Å². The highest BCUT2D eigenvalue weighted by atomic mass is 127. The largest absolute Gasteiger partial charge is 0.480 e. The first-order valence-corrected chi connectivity index (χ1v) is 10.2. The van der Waals surface area contributed by atoms with Crippen LogP contribution in [-0.2, 0) is 19.2 Å². The number of alkyl halides is 2. The van der Waals surface area contributed by atoms with Gasteiger partial charge in [0.1, 0.15) is 13.1 Å². The number of carboxylic acid groups (broad SMARTS) is 1. The molecule has 0 aromatic heterocycles. The van der Waals surface area contributed by atoms with Crippen molar-refractivity contribution in [2.45, 2.75) is 0 Å². The van der Waals surface area contributed by atoms with E-state index in [4.69, 9.17) is 5.11 Å². The third kappa shape index (κ3) is 10.2. The fourth-order valence-corrected chi connectivity index (χ4v) is 2.70. The Kier molecular flexibility index (Phi) is 13.2. The van der Waals surface area contributed by atoms with Gasteiger partial charge >= 0.3 is 5.97 Å². The quantitative estimate of drug-likeness (QED) is 0.204. The number of hydrogen-bond donors (Lipinski definition) is 3. The predicted molar refractivity (Wildman–Crippen MR) is 106 cm³/mol. The summed E-state index contributed by atoms with van der Waals surface area (Å²) < 4.78 is 0.451. The molecule has 9 nitrogen and oxygen atoms in total. The molecule has 3 amide bonds. The second-order valence-corrected chi connectivity index (χ2v) is 6.27. The third-order valence-electron chi connectivity index (χ3n) is 2.93. The number of rotatable bonds is 12. The lowest BCUT2D eigenvalue weighted by Crippen LogP contribution is -2.46. The number of hydrogen-bond acceptors (Lipinski definition) is 5. The van der Waals surface area contributed by atoms with Crippen LogP contribution in [-0.4, -0.2) is 93.8 Å². The summed E-state index contributed by atoms with van der Waals surface area (Å²) in [5, 5.41) is 14.3. The molecule has 0 aliphatic rings. The SMILES string of the molecule is CNCCN(CCNC(=O)CN(CC(=O)O)C(=O)CI)C(=O)CI. The number of nitrogens with one attached hydrogen (secondary N) is 2. The maximum Gasteiger partial charge on any atom is 0.323 e. The van der Waals surface area contributed by atoms with Crippen LogP contribution in [0.25, 0.3) is 0 Å². The summed E-state index contributed by atoms with van der Waals surface area (Å²) in [6.45, 7) is 0.944. The van der Waals surface area contributed by atoms with E-state index in [2.05, 4.69) is 10.6 Å². The minimum atomic E-state index is -1.17. The molecule has 3 N–H and O–H groups in total. The standard InChI is InChI=1S/C13H22I2N4O5/c1-16-2-4-18(11(21)6-14)5-3-17-10(20)8-19(9-13(23)24)12(22)7-15/h16H,2-9H2,1H3,(H,17,20)(H,23,24). The van der Waals surface area contributed by atoms with Crippen molar-refractivity contribution < 1.29 is 24.3 Å². The van der Waals surface area contributed by atoms with Gasteiger partial charge in [-0.3, -0.25) is 19.2 Å². The lowest BCUT2D eigenvalue weighted by Gasteiger charge is -2.23. The maximum absolute atomic E-state index is 11.9. The Bertz CT molecular complexity index is 450. The summed E-state index contributed by atoms with van der Waals surface area (Å²) in [7, 11) is 1.79. The van der Waals surface area contributed by atoms with Gasteiger partial charge in [0.05, 0.1) is 8.86 Å². The zero-order chi connectivity index (χ0) is 18.5. The number of carbonyl (C=O) groups excluding carboxylic acids is 3. The van der Waals surface area contributed by atoms with Crippen LogP contribution in [0.5, 0.6) is 0 Å². The minimum Gasteiger partial charge on any atom is -0.480 e. The molecule has 0 saturated carbocycles. The number of nitrogens with zero attached hydrogens (tertiary/aromatic N) is 2. The summed E-state index contributed by atoms with van der Waals surface area (Å²) in [5.74, 6) is -2.06. The Hall–Kier alpha value is -0.700. The van der Waals surface area contributed by atoms with Crippen molar-refractivity contribution in [3.63, 3.8) is 0 Å². The van der Waals surface area contributed by atoms with Crippen molar-refractivity contribution in [3.8, 4) is 0 Å². The molecular weight excluding hydrogens is 546 g/mol. The number of likely N-dealkylation sites (N-methyl/N-ethyl adjacent to an activating group) is 1. The topological polar surface area (TPSA) is 119 Å². The lowest BCUT2D eigenvalue weighted by molar-refractivity contribution is -0.144. The van der Waals surface area contributed by atoms with Crippen molar-refractivity contribution in [1.82, 2.24) is 20.4 Å². The summed E-state index contributed by atoms with van der Waals surface area (Å²) in [6.07, 6.45) is 0. The number of carboxylic acids is 1. The number of halogens is 2. The van der Waals surface area contributed by atoms with Gasteiger partial charge in [0, 0.05) is 26.2 Å². The van der Waals surface area contributed by atoms with Crippen molar-refractivity contribution in [1.29, 1.82) is 0 Å². The van der Waals surface area contributed by atoms with E-state index in [0.717, 1.165) is 4.90 Å². The summed E-state index contributed by atoms with van der Waals surface area (Å²) in [4.78, 5) is 48.6. The van der Waals surface area contributed by atoms with E-state index in [9.17, 15) is 19.2 Å². The Balaban J connectivity index is 4.40. The van der Waals surface area contributed by atoms with Crippen molar-refractivity contribution in [2.75, 3.05) is 55.2 Å². The van der Waals surface area contributed by atoms with E-state index < -0.39 is 24.3 Å². The van der Waals surface area contributed by atoms with Gasteiger partial charge < -0.3 is 25.5 Å². The highest BCUT2D eigenvalue weighted by molar-refractivity contribution is 14.1. The van der Waals surface area contributed by atoms with E-state index in [1.165, 1.54) is 0 Å². The number of amides is 3. The predicted octanol–water partition coefficient (Wildman–Crippen LogP) is -1.07. The zero-order valence-corrected chi connectivity index (χ0v) is 17.7. The second-order valence-electron chi connectivity index (χ2n) is 4.75. The molecule has 0 aliphatic carbocycles. The zero-order valence-electron chi connectivity index (χ0n) is 13.4. The van der Waals surface area contributed by atoms with E-state index >= 15 is 0 Å². The second kappa shape index (κ2) is 13.6. The average molecular weight is 568 g/mol. The van der Waals surface area contributed by atoms with Crippen LogP contribution in [0.2, 0.25) is 0 Å². The Labute approximate surface area is 168 Å². The van der Waals surface area contributed by atoms with Crippen molar-refractivity contribution in [2.24, 2.45) is 0 Å². The highest BCUT2D eigenvalue weighted by Gasteiger charge is 2.19. The minimum absolute atomic E-state index is 0.0207. The summed E-state index contributed by atoms with van der Waals surface area (Å²) >= 11 is 3.80. The molecule has 0 fully saturated rings. The molecule has 0 radical (unpaired) electrons. The van der Waals surface area contributed by atoms with Crippen LogP contribution in [0.1, 0.15) is 0 Å². The maximum atomic E-state index is 11.9. The number of carbonyl (C=O) groups is 4. The molecular formula is C13H22I2N4O5. The molecule has 0 atom stereocenters. The first-order chi connectivity index (χ1) is 11.3. The van der Waals surface area contributed by atoms with Gasteiger partial charge in [0.15, 0.2) is 0 Å². The Morgan fingerprint density at radius 2 is 1.46 bits per heavy atom. The van der Waals surface area contributed by atoms with Crippen molar-refractivity contribution in [3.05, 3.63) is 0 Å². The van der Waals surface area contributed by atoms with E-state index in [1.807, 2.05) is 45.2 Å². The normalized spacial score (nSPS) is 10.1. The van der Waals surface area contributed by atoms with Gasteiger partial charge in [-0.15, -0.1) is 0 Å². The van der Waals surface area contributed by atoms with Gasteiger partial charge in [0.2, 0.25) is 17.7 Å². The Morgan fingerprint density at radius 1 is 0.917 bits per heavy atom. The van der Waals surface area contributed by atoms with Crippen LogP contribution in [0.4, 0.5) is 0 Å². The van der Waals surface area contributed by atoms with Crippen LogP contribution in [0.15, 0.2) is 0 Å². The molecule has 0 aliphatic heterocycles. The summed E-state index contributed by atoms with van der Waals surface area (Å²) in [5.41, 5.74) is 0. The molecule has 0 heterocycles. The Morgan fingerprint density at radius 3 is 1.96 bits per heavy atom. The highest BCUT2D eigenvalue weighted by Crippen LogP contribution is 1.96. The molecule has 0 unspecified atom stereocenters. The van der Waals surface area contributed by atoms with Crippen LogP contribution in [0.3, 0.4) is 0 Å².